The van der Waals surface area contributed by atoms with Gasteiger partial charge in [0.05, 0.1) is 6.61 Å². The Balaban J connectivity index is 2.42. The van der Waals surface area contributed by atoms with Crippen molar-refractivity contribution in [3.63, 3.8) is 0 Å². The van der Waals surface area contributed by atoms with Gasteiger partial charge in [0.2, 0.25) is 5.91 Å². The quantitative estimate of drug-likeness (QED) is 0.715. The summed E-state index contributed by atoms with van der Waals surface area (Å²) in [4.78, 5) is 24.6. The molecule has 1 unspecified atom stereocenters. The number of rotatable bonds is 5. The third-order valence-corrected chi connectivity index (χ3v) is 2.95. The van der Waals surface area contributed by atoms with Crippen LogP contribution in [0.2, 0.25) is 0 Å². The summed E-state index contributed by atoms with van der Waals surface area (Å²) in [5, 5.41) is 2.75. The third kappa shape index (κ3) is 4.73. The van der Waals surface area contributed by atoms with E-state index in [9.17, 15) is 9.59 Å². The van der Waals surface area contributed by atoms with Crippen molar-refractivity contribution >= 4 is 11.9 Å². The Bertz CT molecular complexity index is 268. The zero-order valence-electron chi connectivity index (χ0n) is 10.7. The van der Waals surface area contributed by atoms with E-state index in [0.29, 0.717) is 19.7 Å². The zero-order chi connectivity index (χ0) is 12.7. The standard InChI is InChI=1S/C12H22N2O3/c1-3-17-12(16)11-6-4-5-8-14(11)9-7-13-10(2)15/h11H,3-9H2,1-2H3,(H,13,15). The van der Waals surface area contributed by atoms with E-state index in [-0.39, 0.29) is 17.9 Å². The summed E-state index contributed by atoms with van der Waals surface area (Å²) in [7, 11) is 0. The number of carbonyl (C=O) groups is 2. The van der Waals surface area contributed by atoms with Gasteiger partial charge in [0.15, 0.2) is 0 Å². The summed E-state index contributed by atoms with van der Waals surface area (Å²) in [5.74, 6) is -0.162. The van der Waals surface area contributed by atoms with Crippen molar-refractivity contribution in [2.24, 2.45) is 0 Å². The van der Waals surface area contributed by atoms with Crippen LogP contribution in [0.3, 0.4) is 0 Å². The lowest BCUT2D eigenvalue weighted by atomic mass is 10.0. The summed E-state index contributed by atoms with van der Waals surface area (Å²) >= 11 is 0. The highest BCUT2D eigenvalue weighted by Gasteiger charge is 2.29. The highest BCUT2D eigenvalue weighted by atomic mass is 16.5. The second-order valence-electron chi connectivity index (χ2n) is 4.28. The first-order valence-corrected chi connectivity index (χ1v) is 6.30. The Morgan fingerprint density at radius 3 is 2.82 bits per heavy atom. The normalized spacial score (nSPS) is 20.9. The van der Waals surface area contributed by atoms with E-state index in [4.69, 9.17) is 4.74 Å². The second-order valence-corrected chi connectivity index (χ2v) is 4.28. The number of hydrogen-bond donors (Lipinski definition) is 1. The molecule has 1 atom stereocenters. The van der Waals surface area contributed by atoms with E-state index in [1.165, 1.54) is 6.92 Å². The number of hydrogen-bond acceptors (Lipinski definition) is 4. The van der Waals surface area contributed by atoms with Gasteiger partial charge in [-0.1, -0.05) is 6.42 Å². The maximum Gasteiger partial charge on any atom is 0.323 e. The molecule has 1 aliphatic heterocycles. The average Bonchev–Trinajstić information content (AvgIpc) is 2.29. The molecule has 1 aliphatic rings. The van der Waals surface area contributed by atoms with Crippen molar-refractivity contribution in [2.75, 3.05) is 26.2 Å². The molecule has 17 heavy (non-hydrogen) atoms. The fraction of sp³-hybridized carbons (Fsp3) is 0.833. The molecule has 5 heteroatoms. The van der Waals surface area contributed by atoms with E-state index >= 15 is 0 Å². The van der Waals surface area contributed by atoms with Crippen LogP contribution in [0.25, 0.3) is 0 Å². The van der Waals surface area contributed by atoms with E-state index in [1.54, 1.807) is 0 Å². The van der Waals surface area contributed by atoms with Gasteiger partial charge in [-0.2, -0.15) is 0 Å². The first-order valence-electron chi connectivity index (χ1n) is 6.30. The molecule has 0 spiro atoms. The molecule has 5 nitrogen and oxygen atoms in total. The molecule has 1 N–H and O–H groups in total. The topological polar surface area (TPSA) is 58.6 Å². The van der Waals surface area contributed by atoms with E-state index in [0.717, 1.165) is 25.8 Å². The summed E-state index contributed by atoms with van der Waals surface area (Å²) < 4.78 is 5.07. The SMILES string of the molecule is CCOC(=O)C1CCCCN1CCNC(C)=O. The van der Waals surface area contributed by atoms with Crippen molar-refractivity contribution < 1.29 is 14.3 Å². The molecular weight excluding hydrogens is 220 g/mol. The van der Waals surface area contributed by atoms with Gasteiger partial charge >= 0.3 is 5.97 Å². The summed E-state index contributed by atoms with van der Waals surface area (Å²) in [6, 6.07) is -0.127. The molecule has 0 bridgehead atoms. The predicted octanol–water partition coefficient (Wildman–Crippen LogP) is 0.540. The first kappa shape index (κ1) is 14.0. The number of nitrogens with one attached hydrogen (secondary N) is 1. The van der Waals surface area contributed by atoms with Crippen molar-refractivity contribution in [1.29, 1.82) is 0 Å². The van der Waals surface area contributed by atoms with E-state index in [1.807, 2.05) is 6.92 Å². The van der Waals surface area contributed by atoms with Gasteiger partial charge in [-0.3, -0.25) is 14.5 Å². The number of piperidine rings is 1. The molecule has 0 saturated carbocycles. The van der Waals surface area contributed by atoms with Crippen LogP contribution in [0.5, 0.6) is 0 Å². The lowest BCUT2D eigenvalue weighted by Crippen LogP contribution is -2.48. The van der Waals surface area contributed by atoms with Crippen LogP contribution in [0.4, 0.5) is 0 Å². The molecule has 1 fully saturated rings. The molecular formula is C12H22N2O3. The smallest absolute Gasteiger partial charge is 0.323 e. The lowest BCUT2D eigenvalue weighted by Gasteiger charge is -2.33. The van der Waals surface area contributed by atoms with Gasteiger partial charge < -0.3 is 10.1 Å². The van der Waals surface area contributed by atoms with Crippen LogP contribution in [-0.2, 0) is 14.3 Å². The van der Waals surface area contributed by atoms with Crippen LogP contribution in [0, 0.1) is 0 Å². The minimum absolute atomic E-state index is 0.0327. The minimum atomic E-state index is -0.130. The number of esters is 1. The van der Waals surface area contributed by atoms with Crippen molar-refractivity contribution in [1.82, 2.24) is 10.2 Å². The van der Waals surface area contributed by atoms with E-state index < -0.39 is 0 Å². The third-order valence-electron chi connectivity index (χ3n) is 2.95. The van der Waals surface area contributed by atoms with Crippen LogP contribution < -0.4 is 5.32 Å². The van der Waals surface area contributed by atoms with Crippen LogP contribution in [0.1, 0.15) is 33.1 Å². The fourth-order valence-electron chi connectivity index (χ4n) is 2.14. The van der Waals surface area contributed by atoms with Crippen LogP contribution >= 0.6 is 0 Å². The molecule has 0 aromatic rings. The largest absolute Gasteiger partial charge is 0.465 e. The van der Waals surface area contributed by atoms with Gasteiger partial charge in [-0.15, -0.1) is 0 Å². The fourth-order valence-corrected chi connectivity index (χ4v) is 2.14. The highest BCUT2D eigenvalue weighted by Crippen LogP contribution is 2.17. The summed E-state index contributed by atoms with van der Waals surface area (Å²) in [6.07, 6.45) is 3.04. The Morgan fingerprint density at radius 2 is 2.18 bits per heavy atom. The second kappa shape index (κ2) is 7.27. The van der Waals surface area contributed by atoms with Crippen molar-refractivity contribution in [3.05, 3.63) is 0 Å². The molecule has 0 radical (unpaired) electrons. The number of carbonyl (C=O) groups excluding carboxylic acids is 2. The van der Waals surface area contributed by atoms with Gasteiger partial charge in [0.1, 0.15) is 6.04 Å². The average molecular weight is 242 g/mol. The molecule has 0 aromatic carbocycles. The summed E-state index contributed by atoms with van der Waals surface area (Å²) in [6.45, 7) is 5.95. The minimum Gasteiger partial charge on any atom is -0.465 e. The van der Waals surface area contributed by atoms with E-state index in [2.05, 4.69) is 10.2 Å². The Labute approximate surface area is 102 Å². The molecule has 98 valence electrons. The Hall–Kier alpha value is -1.10. The van der Waals surface area contributed by atoms with Gasteiger partial charge in [0, 0.05) is 20.0 Å². The molecule has 1 saturated heterocycles. The predicted molar refractivity (Wildman–Crippen MR) is 64.5 cm³/mol. The number of ether oxygens (including phenoxy) is 1. The van der Waals surface area contributed by atoms with Gasteiger partial charge in [-0.25, -0.2) is 0 Å². The Morgan fingerprint density at radius 1 is 1.41 bits per heavy atom. The van der Waals surface area contributed by atoms with Gasteiger partial charge in [0.25, 0.3) is 0 Å². The summed E-state index contributed by atoms with van der Waals surface area (Å²) in [5.41, 5.74) is 0. The first-order chi connectivity index (χ1) is 8.15. The molecule has 0 aromatic heterocycles. The molecule has 1 amide bonds. The van der Waals surface area contributed by atoms with Crippen molar-refractivity contribution in [3.8, 4) is 0 Å². The number of likely N-dealkylation sites (tertiary alicyclic amines) is 1. The molecule has 0 aliphatic carbocycles. The maximum atomic E-state index is 11.8. The number of nitrogens with zero attached hydrogens (tertiary/aromatic N) is 1. The van der Waals surface area contributed by atoms with Crippen molar-refractivity contribution in [2.45, 2.75) is 39.2 Å². The maximum absolute atomic E-state index is 11.8. The highest BCUT2D eigenvalue weighted by molar-refractivity contribution is 5.76. The zero-order valence-corrected chi connectivity index (χ0v) is 10.7. The molecule has 1 rings (SSSR count). The molecule has 1 heterocycles. The van der Waals surface area contributed by atoms with Crippen LogP contribution in [0.15, 0.2) is 0 Å². The number of amides is 1. The Kier molecular flexibility index (Phi) is 5.97. The monoisotopic (exact) mass is 242 g/mol. The van der Waals surface area contributed by atoms with Gasteiger partial charge in [-0.05, 0) is 26.3 Å². The lowest BCUT2D eigenvalue weighted by molar-refractivity contribution is -0.150. The van der Waals surface area contributed by atoms with Crippen LogP contribution in [-0.4, -0.2) is 49.1 Å².